The number of aryl methyl sites for hydroxylation is 3. The summed E-state index contributed by atoms with van der Waals surface area (Å²) in [7, 11) is 0. The molecule has 3 aromatic rings. The summed E-state index contributed by atoms with van der Waals surface area (Å²) in [5.41, 5.74) is 3.25. The molecule has 36 heavy (non-hydrogen) atoms. The number of carbonyl (C=O) groups is 3. The number of ether oxygens (including phenoxy) is 1. The normalized spacial score (nSPS) is 17.1. The standard InChI is InChI=1S/C27H30N4O5/c1-5-36-27(35)22-17(3)20(18(4)29-22)24(32)21-23(19-9-7-16(2)8-10-19)31(26(34)25(21)33)13-6-12-30-14-11-28-15-30/h7-11,14-15,23,29,32H,5-6,12-13H2,1-4H3/b24-21+. The Morgan fingerprint density at radius 3 is 2.50 bits per heavy atom. The fourth-order valence-electron chi connectivity index (χ4n) is 4.70. The lowest BCUT2D eigenvalue weighted by Gasteiger charge is -2.25. The number of hydrogen-bond donors (Lipinski definition) is 2. The quantitative estimate of drug-likeness (QED) is 0.215. The van der Waals surface area contributed by atoms with Crippen LogP contribution in [-0.2, 0) is 20.9 Å². The Hall–Kier alpha value is -4.14. The van der Waals surface area contributed by atoms with Crippen LogP contribution in [-0.4, -0.2) is 55.4 Å². The van der Waals surface area contributed by atoms with Gasteiger partial charge >= 0.3 is 5.97 Å². The fraction of sp³-hybridized carbons (Fsp3) is 0.333. The second-order valence-electron chi connectivity index (χ2n) is 8.90. The van der Waals surface area contributed by atoms with E-state index in [1.165, 1.54) is 4.90 Å². The maximum Gasteiger partial charge on any atom is 0.355 e. The second kappa shape index (κ2) is 10.2. The number of nitrogens with one attached hydrogen (secondary N) is 1. The highest BCUT2D eigenvalue weighted by Gasteiger charge is 2.46. The molecule has 0 radical (unpaired) electrons. The zero-order valence-electron chi connectivity index (χ0n) is 20.9. The number of aromatic amines is 1. The van der Waals surface area contributed by atoms with Crippen molar-refractivity contribution < 1.29 is 24.2 Å². The first-order chi connectivity index (χ1) is 17.2. The lowest BCUT2D eigenvalue weighted by Crippen LogP contribution is -2.31. The zero-order valence-corrected chi connectivity index (χ0v) is 20.9. The Morgan fingerprint density at radius 2 is 1.86 bits per heavy atom. The summed E-state index contributed by atoms with van der Waals surface area (Å²) in [6.45, 7) is 8.18. The van der Waals surface area contributed by atoms with Crippen LogP contribution in [0.15, 0.2) is 48.6 Å². The molecule has 0 aliphatic carbocycles. The molecule has 1 saturated heterocycles. The summed E-state index contributed by atoms with van der Waals surface area (Å²) in [5.74, 6) is -2.27. The van der Waals surface area contributed by atoms with Gasteiger partial charge in [0.1, 0.15) is 11.5 Å². The minimum Gasteiger partial charge on any atom is -0.507 e. The number of H-pyrrole nitrogens is 1. The van der Waals surface area contributed by atoms with Gasteiger partial charge in [-0.2, -0.15) is 0 Å². The third-order valence-corrected chi connectivity index (χ3v) is 6.46. The molecule has 9 nitrogen and oxygen atoms in total. The maximum atomic E-state index is 13.3. The Balaban J connectivity index is 1.78. The number of hydrogen-bond acceptors (Lipinski definition) is 6. The average Bonchev–Trinajstić information content (AvgIpc) is 3.53. The van der Waals surface area contributed by atoms with E-state index < -0.39 is 23.7 Å². The predicted octanol–water partition coefficient (Wildman–Crippen LogP) is 3.83. The van der Waals surface area contributed by atoms with Crippen molar-refractivity contribution in [1.82, 2.24) is 19.4 Å². The van der Waals surface area contributed by atoms with Crippen molar-refractivity contribution in [3.05, 3.63) is 82.2 Å². The van der Waals surface area contributed by atoms with Gasteiger partial charge in [-0.25, -0.2) is 9.78 Å². The van der Waals surface area contributed by atoms with Crippen molar-refractivity contribution in [2.45, 2.75) is 46.7 Å². The second-order valence-corrected chi connectivity index (χ2v) is 8.90. The van der Waals surface area contributed by atoms with Crippen LogP contribution in [0.25, 0.3) is 5.76 Å². The number of amides is 1. The first-order valence-electron chi connectivity index (χ1n) is 11.9. The van der Waals surface area contributed by atoms with Gasteiger partial charge in [0.15, 0.2) is 0 Å². The van der Waals surface area contributed by atoms with Crippen molar-refractivity contribution >= 4 is 23.4 Å². The van der Waals surface area contributed by atoms with E-state index in [4.69, 9.17) is 4.74 Å². The Labute approximate surface area is 209 Å². The van der Waals surface area contributed by atoms with Crippen molar-refractivity contribution in [1.29, 1.82) is 0 Å². The van der Waals surface area contributed by atoms with Crippen LogP contribution < -0.4 is 0 Å². The molecule has 1 aliphatic rings. The third-order valence-electron chi connectivity index (χ3n) is 6.46. The molecule has 2 N–H and O–H groups in total. The van der Waals surface area contributed by atoms with Crippen LogP contribution in [0, 0.1) is 20.8 Å². The van der Waals surface area contributed by atoms with E-state index in [-0.39, 0.29) is 23.6 Å². The molecule has 0 saturated carbocycles. The van der Waals surface area contributed by atoms with E-state index in [0.717, 1.165) is 11.1 Å². The number of carbonyl (C=O) groups excluding carboxylic acids is 3. The molecule has 1 aromatic carbocycles. The highest BCUT2D eigenvalue weighted by atomic mass is 16.5. The number of aliphatic hydroxyl groups excluding tert-OH is 1. The molecule has 3 heterocycles. The van der Waals surface area contributed by atoms with Gasteiger partial charge in [-0.3, -0.25) is 9.59 Å². The van der Waals surface area contributed by atoms with Gasteiger partial charge < -0.3 is 24.3 Å². The van der Waals surface area contributed by atoms with Crippen LogP contribution in [0.1, 0.15) is 57.8 Å². The number of esters is 1. The van der Waals surface area contributed by atoms with Crippen LogP contribution >= 0.6 is 0 Å². The smallest absolute Gasteiger partial charge is 0.355 e. The molecule has 1 fully saturated rings. The van der Waals surface area contributed by atoms with E-state index >= 15 is 0 Å². The number of likely N-dealkylation sites (tertiary alicyclic amines) is 1. The summed E-state index contributed by atoms with van der Waals surface area (Å²) in [6.07, 6.45) is 5.82. The van der Waals surface area contributed by atoms with E-state index in [1.54, 1.807) is 33.3 Å². The first kappa shape index (κ1) is 25.0. The topological polar surface area (TPSA) is 118 Å². The molecular weight excluding hydrogens is 460 g/mol. The lowest BCUT2D eigenvalue weighted by molar-refractivity contribution is -0.139. The van der Waals surface area contributed by atoms with Gasteiger partial charge in [0.25, 0.3) is 11.7 Å². The predicted molar refractivity (Wildman–Crippen MR) is 133 cm³/mol. The summed E-state index contributed by atoms with van der Waals surface area (Å²) < 4.78 is 7.01. The molecule has 9 heteroatoms. The van der Waals surface area contributed by atoms with Crippen LogP contribution in [0.4, 0.5) is 0 Å². The maximum absolute atomic E-state index is 13.3. The molecule has 1 unspecified atom stereocenters. The Bertz CT molecular complexity index is 1320. The summed E-state index contributed by atoms with van der Waals surface area (Å²) in [4.78, 5) is 47.4. The van der Waals surface area contributed by atoms with Gasteiger partial charge in [0.05, 0.1) is 24.5 Å². The van der Waals surface area contributed by atoms with Gasteiger partial charge in [0, 0.05) is 36.7 Å². The molecule has 4 rings (SSSR count). The minimum absolute atomic E-state index is 0.00657. The van der Waals surface area contributed by atoms with E-state index in [9.17, 15) is 19.5 Å². The van der Waals surface area contributed by atoms with Crippen molar-refractivity contribution in [2.75, 3.05) is 13.2 Å². The number of aromatic nitrogens is 3. The molecule has 1 aliphatic heterocycles. The van der Waals surface area contributed by atoms with Gasteiger partial charge in [0.2, 0.25) is 0 Å². The number of ketones is 1. The minimum atomic E-state index is -0.756. The SMILES string of the molecule is CCOC(=O)c1[nH]c(C)c(/C(O)=C2\C(=O)C(=O)N(CCCn3ccnc3)C2c2ccc(C)cc2)c1C. The van der Waals surface area contributed by atoms with Crippen molar-refractivity contribution in [3.8, 4) is 0 Å². The van der Waals surface area contributed by atoms with E-state index in [0.29, 0.717) is 36.3 Å². The third kappa shape index (κ3) is 4.56. The van der Waals surface area contributed by atoms with Crippen LogP contribution in [0.2, 0.25) is 0 Å². The summed E-state index contributed by atoms with van der Waals surface area (Å²) in [5, 5.41) is 11.5. The van der Waals surface area contributed by atoms with Crippen molar-refractivity contribution in [2.24, 2.45) is 0 Å². The monoisotopic (exact) mass is 490 g/mol. The zero-order chi connectivity index (χ0) is 26.0. The summed E-state index contributed by atoms with van der Waals surface area (Å²) in [6, 6.07) is 6.79. The number of imidazole rings is 1. The number of nitrogens with zero attached hydrogens (tertiary/aromatic N) is 3. The number of rotatable bonds is 8. The molecule has 1 atom stereocenters. The van der Waals surface area contributed by atoms with E-state index in [2.05, 4.69) is 9.97 Å². The number of aliphatic hydroxyl groups is 1. The lowest BCUT2D eigenvalue weighted by atomic mass is 9.93. The van der Waals surface area contributed by atoms with Crippen LogP contribution in [0.5, 0.6) is 0 Å². The van der Waals surface area contributed by atoms with E-state index in [1.807, 2.05) is 42.0 Å². The van der Waals surface area contributed by atoms with Crippen molar-refractivity contribution in [3.63, 3.8) is 0 Å². The summed E-state index contributed by atoms with van der Waals surface area (Å²) >= 11 is 0. The number of Topliss-reactive ketones (excluding diaryl/α,β-unsaturated/α-hetero) is 1. The fourth-order valence-corrected chi connectivity index (χ4v) is 4.70. The Kier molecular flexibility index (Phi) is 7.10. The van der Waals surface area contributed by atoms with Gasteiger partial charge in [-0.05, 0) is 45.2 Å². The number of benzene rings is 1. The highest BCUT2D eigenvalue weighted by Crippen LogP contribution is 2.41. The molecule has 0 spiro atoms. The Morgan fingerprint density at radius 1 is 1.14 bits per heavy atom. The van der Waals surface area contributed by atoms with Gasteiger partial charge in [-0.1, -0.05) is 29.8 Å². The first-order valence-corrected chi connectivity index (χ1v) is 11.9. The molecule has 188 valence electrons. The molecule has 0 bridgehead atoms. The largest absolute Gasteiger partial charge is 0.507 e. The molecular formula is C27H30N4O5. The average molecular weight is 491 g/mol. The van der Waals surface area contributed by atoms with Gasteiger partial charge in [-0.15, -0.1) is 0 Å². The molecule has 1 amide bonds. The van der Waals surface area contributed by atoms with Crippen LogP contribution in [0.3, 0.4) is 0 Å². The highest BCUT2D eigenvalue weighted by molar-refractivity contribution is 6.46. The molecule has 2 aromatic heterocycles.